The molecular weight excluding hydrogens is 389 g/mol. The van der Waals surface area contributed by atoms with E-state index in [0.717, 1.165) is 19.0 Å². The first kappa shape index (κ1) is 21.2. The fourth-order valence-corrected chi connectivity index (χ4v) is 2.03. The molecule has 1 aromatic carbocycles. The summed E-state index contributed by atoms with van der Waals surface area (Å²) >= 11 is 0. The molecule has 0 saturated carbocycles. The first-order valence-corrected chi connectivity index (χ1v) is 7.56. The van der Waals surface area contributed by atoms with Crippen LogP contribution in [0.3, 0.4) is 0 Å². The number of benzene rings is 1. The van der Waals surface area contributed by atoms with Gasteiger partial charge in [-0.05, 0) is 17.9 Å². The number of hydrogen-bond donors (Lipinski definition) is 2. The SMILES string of the molecule is CCNC(=NCc1ccccc1)NCC(OC)C(C)(C)C.I. The Morgan fingerprint density at radius 3 is 2.32 bits per heavy atom. The summed E-state index contributed by atoms with van der Waals surface area (Å²) in [7, 11) is 1.76. The summed E-state index contributed by atoms with van der Waals surface area (Å²) in [6.07, 6.45) is 0.137. The molecule has 1 aromatic rings. The lowest BCUT2D eigenvalue weighted by Gasteiger charge is -2.30. The Kier molecular flexibility index (Phi) is 10.4. The number of aliphatic imine (C=N–C) groups is 1. The monoisotopic (exact) mass is 419 g/mol. The normalized spacial score (nSPS) is 13.2. The molecule has 0 aliphatic rings. The van der Waals surface area contributed by atoms with Crippen molar-refractivity contribution in [3.05, 3.63) is 35.9 Å². The summed E-state index contributed by atoms with van der Waals surface area (Å²) in [5.41, 5.74) is 1.30. The van der Waals surface area contributed by atoms with E-state index in [2.05, 4.69) is 55.5 Å². The largest absolute Gasteiger partial charge is 0.379 e. The Bertz CT molecular complexity index is 429. The third-order valence-electron chi connectivity index (χ3n) is 3.31. The Balaban J connectivity index is 0.00000441. The van der Waals surface area contributed by atoms with Gasteiger partial charge in [-0.3, -0.25) is 0 Å². The molecule has 1 rings (SSSR count). The third kappa shape index (κ3) is 7.98. The molecule has 2 N–H and O–H groups in total. The number of nitrogens with one attached hydrogen (secondary N) is 2. The number of ether oxygens (including phenoxy) is 1. The van der Waals surface area contributed by atoms with Gasteiger partial charge in [0.05, 0.1) is 12.6 Å². The van der Waals surface area contributed by atoms with Gasteiger partial charge in [0.2, 0.25) is 0 Å². The molecule has 22 heavy (non-hydrogen) atoms. The molecule has 0 amide bonds. The number of halogens is 1. The quantitative estimate of drug-likeness (QED) is 0.422. The van der Waals surface area contributed by atoms with Crippen molar-refractivity contribution in [2.75, 3.05) is 20.2 Å². The average molecular weight is 419 g/mol. The second-order valence-corrected chi connectivity index (χ2v) is 6.15. The zero-order valence-electron chi connectivity index (χ0n) is 14.3. The van der Waals surface area contributed by atoms with Crippen LogP contribution in [-0.4, -0.2) is 32.3 Å². The minimum Gasteiger partial charge on any atom is -0.379 e. The van der Waals surface area contributed by atoms with E-state index < -0.39 is 0 Å². The molecule has 126 valence electrons. The first-order chi connectivity index (χ1) is 9.97. The fraction of sp³-hybridized carbons (Fsp3) is 0.588. The van der Waals surface area contributed by atoms with E-state index in [1.807, 2.05) is 18.2 Å². The number of methoxy groups -OCH3 is 1. The lowest BCUT2D eigenvalue weighted by Crippen LogP contribution is -2.45. The van der Waals surface area contributed by atoms with Gasteiger partial charge in [0.25, 0.3) is 0 Å². The van der Waals surface area contributed by atoms with Crippen molar-refractivity contribution < 1.29 is 4.74 Å². The second kappa shape index (κ2) is 10.8. The van der Waals surface area contributed by atoms with Crippen LogP contribution in [0.25, 0.3) is 0 Å². The van der Waals surface area contributed by atoms with E-state index in [1.165, 1.54) is 5.56 Å². The van der Waals surface area contributed by atoms with Crippen LogP contribution in [0.4, 0.5) is 0 Å². The maximum atomic E-state index is 5.56. The molecule has 0 heterocycles. The van der Waals surface area contributed by atoms with Gasteiger partial charge in [-0.1, -0.05) is 51.1 Å². The molecule has 0 aliphatic heterocycles. The predicted molar refractivity (Wildman–Crippen MR) is 105 cm³/mol. The Hall–Kier alpha value is -0.820. The van der Waals surface area contributed by atoms with Gasteiger partial charge >= 0.3 is 0 Å². The molecule has 0 aromatic heterocycles. The maximum absolute atomic E-state index is 5.56. The van der Waals surface area contributed by atoms with E-state index in [0.29, 0.717) is 6.54 Å². The molecule has 1 atom stereocenters. The van der Waals surface area contributed by atoms with Crippen molar-refractivity contribution in [2.24, 2.45) is 10.4 Å². The zero-order valence-corrected chi connectivity index (χ0v) is 16.7. The molecule has 0 fully saturated rings. The third-order valence-corrected chi connectivity index (χ3v) is 3.31. The van der Waals surface area contributed by atoms with Gasteiger partial charge in [0.15, 0.2) is 5.96 Å². The predicted octanol–water partition coefficient (Wildman–Crippen LogP) is 3.42. The molecule has 0 bridgehead atoms. The van der Waals surface area contributed by atoms with Gasteiger partial charge in [0, 0.05) is 20.2 Å². The molecule has 0 aliphatic carbocycles. The van der Waals surface area contributed by atoms with E-state index in [9.17, 15) is 0 Å². The van der Waals surface area contributed by atoms with E-state index in [-0.39, 0.29) is 35.5 Å². The number of guanidine groups is 1. The summed E-state index contributed by atoms with van der Waals surface area (Å²) in [6.45, 7) is 10.8. The highest BCUT2D eigenvalue weighted by molar-refractivity contribution is 14.0. The maximum Gasteiger partial charge on any atom is 0.191 e. The van der Waals surface area contributed by atoms with E-state index in [4.69, 9.17) is 4.74 Å². The molecule has 0 radical (unpaired) electrons. The van der Waals surface area contributed by atoms with Crippen LogP contribution in [0.5, 0.6) is 0 Å². The van der Waals surface area contributed by atoms with Gasteiger partial charge in [-0.15, -0.1) is 24.0 Å². The molecule has 5 heteroatoms. The summed E-state index contributed by atoms with van der Waals surface area (Å²) in [4.78, 5) is 4.61. The van der Waals surface area contributed by atoms with Crippen LogP contribution in [0.1, 0.15) is 33.3 Å². The first-order valence-electron chi connectivity index (χ1n) is 7.56. The minimum absolute atomic E-state index is 0. The van der Waals surface area contributed by atoms with Crippen molar-refractivity contribution in [1.82, 2.24) is 10.6 Å². The summed E-state index contributed by atoms with van der Waals surface area (Å²) < 4.78 is 5.56. The van der Waals surface area contributed by atoms with Crippen LogP contribution in [0.15, 0.2) is 35.3 Å². The average Bonchev–Trinajstić information content (AvgIpc) is 2.45. The molecular formula is C17H30IN3O. The van der Waals surface area contributed by atoms with Crippen molar-refractivity contribution >= 4 is 29.9 Å². The molecule has 4 nitrogen and oxygen atoms in total. The van der Waals surface area contributed by atoms with Crippen LogP contribution in [-0.2, 0) is 11.3 Å². The summed E-state index contributed by atoms with van der Waals surface area (Å²) in [6, 6.07) is 10.3. The number of nitrogens with zero attached hydrogens (tertiary/aromatic N) is 1. The zero-order chi connectivity index (χ0) is 15.7. The van der Waals surface area contributed by atoms with Crippen molar-refractivity contribution in [2.45, 2.75) is 40.3 Å². The standard InChI is InChI=1S/C17H29N3O.HI/c1-6-18-16(19-12-14-10-8-7-9-11-14)20-13-15(21-5)17(2,3)4;/h7-11,15H,6,12-13H2,1-5H3,(H2,18,19,20);1H. The van der Waals surface area contributed by atoms with Crippen molar-refractivity contribution in [3.8, 4) is 0 Å². The van der Waals surface area contributed by atoms with Crippen LogP contribution in [0, 0.1) is 5.41 Å². The number of rotatable bonds is 6. The van der Waals surface area contributed by atoms with Gasteiger partial charge < -0.3 is 15.4 Å². The van der Waals surface area contributed by atoms with Gasteiger partial charge in [-0.25, -0.2) is 4.99 Å². The topological polar surface area (TPSA) is 45.7 Å². The van der Waals surface area contributed by atoms with E-state index in [1.54, 1.807) is 7.11 Å². The fourth-order valence-electron chi connectivity index (χ4n) is 2.03. The molecule has 1 unspecified atom stereocenters. The van der Waals surface area contributed by atoms with E-state index >= 15 is 0 Å². The minimum atomic E-state index is 0. The summed E-state index contributed by atoms with van der Waals surface area (Å²) in [5.74, 6) is 0.827. The van der Waals surface area contributed by atoms with Gasteiger partial charge in [-0.2, -0.15) is 0 Å². The summed E-state index contributed by atoms with van der Waals surface area (Å²) in [5, 5.41) is 6.63. The molecule has 0 saturated heterocycles. The Morgan fingerprint density at radius 1 is 1.18 bits per heavy atom. The number of hydrogen-bond acceptors (Lipinski definition) is 2. The highest BCUT2D eigenvalue weighted by Crippen LogP contribution is 2.20. The van der Waals surface area contributed by atoms with Gasteiger partial charge in [0.1, 0.15) is 0 Å². The van der Waals surface area contributed by atoms with Crippen LogP contribution >= 0.6 is 24.0 Å². The van der Waals surface area contributed by atoms with Crippen LogP contribution in [0.2, 0.25) is 0 Å². The lowest BCUT2D eigenvalue weighted by atomic mass is 9.89. The van der Waals surface area contributed by atoms with Crippen molar-refractivity contribution in [1.29, 1.82) is 0 Å². The lowest BCUT2D eigenvalue weighted by molar-refractivity contribution is 0.0205. The highest BCUT2D eigenvalue weighted by Gasteiger charge is 2.24. The van der Waals surface area contributed by atoms with Crippen LogP contribution < -0.4 is 10.6 Å². The highest BCUT2D eigenvalue weighted by atomic mass is 127. The Morgan fingerprint density at radius 2 is 1.82 bits per heavy atom. The second-order valence-electron chi connectivity index (χ2n) is 6.15. The smallest absolute Gasteiger partial charge is 0.191 e. The molecule has 0 spiro atoms. The Labute approximate surface area is 152 Å². The van der Waals surface area contributed by atoms with Crippen molar-refractivity contribution in [3.63, 3.8) is 0 Å².